The molecule has 33 heavy (non-hydrogen) atoms. The SMILES string of the molecule is CC(=O)[C@]12CC[C@@H](C)[C@H](C)[C@H]1C1=CC[C@@H]3[C@@]4(C)CC[C@H](O)C(C)(C)C4CC[C@@]3(C)[C@]1(C)CC2. The van der Waals surface area contributed by atoms with Gasteiger partial charge in [0.2, 0.25) is 0 Å². The average Bonchev–Trinajstić information content (AvgIpc) is 2.74. The highest BCUT2D eigenvalue weighted by Gasteiger charge is 2.69. The first-order valence-electron chi connectivity index (χ1n) is 14.2. The fourth-order valence-electron chi connectivity index (χ4n) is 11.1. The Morgan fingerprint density at radius 1 is 0.909 bits per heavy atom. The van der Waals surface area contributed by atoms with Crippen LogP contribution in [0.3, 0.4) is 0 Å². The summed E-state index contributed by atoms with van der Waals surface area (Å²) in [5.74, 6) is 3.45. The molecule has 0 saturated heterocycles. The summed E-state index contributed by atoms with van der Waals surface area (Å²) < 4.78 is 0. The number of rotatable bonds is 1. The van der Waals surface area contributed by atoms with Crippen molar-refractivity contribution < 1.29 is 9.90 Å². The number of carbonyl (C=O) groups excluding carboxylic acids is 1. The minimum Gasteiger partial charge on any atom is -0.393 e. The summed E-state index contributed by atoms with van der Waals surface area (Å²) in [6, 6.07) is 0. The number of hydrogen-bond acceptors (Lipinski definition) is 2. The molecule has 0 aliphatic heterocycles. The van der Waals surface area contributed by atoms with E-state index in [1.165, 1.54) is 32.1 Å². The second-order valence-electron chi connectivity index (χ2n) is 14.7. The Bertz CT molecular complexity index is 870. The summed E-state index contributed by atoms with van der Waals surface area (Å²) in [6.07, 6.45) is 12.9. The van der Waals surface area contributed by atoms with Crippen molar-refractivity contribution in [2.75, 3.05) is 0 Å². The fraction of sp³-hybridized carbons (Fsp3) is 0.903. The van der Waals surface area contributed by atoms with Gasteiger partial charge in [0.05, 0.1) is 6.10 Å². The summed E-state index contributed by atoms with van der Waals surface area (Å²) >= 11 is 0. The van der Waals surface area contributed by atoms with Crippen LogP contribution in [0.15, 0.2) is 11.6 Å². The van der Waals surface area contributed by atoms with Gasteiger partial charge in [-0.15, -0.1) is 0 Å². The van der Waals surface area contributed by atoms with E-state index in [0.29, 0.717) is 40.8 Å². The van der Waals surface area contributed by atoms with E-state index in [4.69, 9.17) is 0 Å². The topological polar surface area (TPSA) is 37.3 Å². The molecule has 4 saturated carbocycles. The van der Waals surface area contributed by atoms with Crippen LogP contribution in [0.5, 0.6) is 0 Å². The van der Waals surface area contributed by atoms with Crippen molar-refractivity contribution in [1.29, 1.82) is 0 Å². The summed E-state index contributed by atoms with van der Waals surface area (Å²) in [4.78, 5) is 13.2. The third-order valence-electron chi connectivity index (χ3n) is 13.7. The van der Waals surface area contributed by atoms with Gasteiger partial charge in [0.15, 0.2) is 0 Å². The van der Waals surface area contributed by atoms with Crippen LogP contribution < -0.4 is 0 Å². The number of allylic oxidation sites excluding steroid dienone is 2. The minimum atomic E-state index is -0.166. The second-order valence-corrected chi connectivity index (χ2v) is 14.7. The Morgan fingerprint density at radius 2 is 1.61 bits per heavy atom. The zero-order valence-corrected chi connectivity index (χ0v) is 22.8. The molecule has 1 unspecified atom stereocenters. The van der Waals surface area contributed by atoms with E-state index in [1.807, 2.05) is 6.92 Å². The van der Waals surface area contributed by atoms with Gasteiger partial charge in [-0.3, -0.25) is 4.79 Å². The number of Topliss-reactive ketones (excluding diaryl/α,β-unsaturated/α-hetero) is 1. The number of ketones is 1. The molecule has 1 N–H and O–H groups in total. The van der Waals surface area contributed by atoms with Gasteiger partial charge >= 0.3 is 0 Å². The van der Waals surface area contributed by atoms with Crippen LogP contribution in [0.1, 0.15) is 113 Å². The van der Waals surface area contributed by atoms with Gasteiger partial charge in [-0.1, -0.05) is 60.1 Å². The first-order valence-corrected chi connectivity index (χ1v) is 14.2. The fourth-order valence-corrected chi connectivity index (χ4v) is 11.1. The van der Waals surface area contributed by atoms with Gasteiger partial charge in [-0.05, 0) is 116 Å². The maximum atomic E-state index is 13.2. The molecule has 0 aromatic carbocycles. The number of hydrogen-bond donors (Lipinski definition) is 1. The van der Waals surface area contributed by atoms with Gasteiger partial charge in [-0.2, -0.15) is 0 Å². The standard InChI is InChI=1S/C31H50O2/c1-19-11-16-31(21(3)32)18-17-29(7)22(26(31)20(19)2)9-10-24-28(6)14-13-25(33)27(4,5)23(28)12-15-30(24,29)8/h9,19-20,23-26,33H,10-18H2,1-8H3/t19-,20+,23?,24-,25+,26+,28+,29-,30-,31-/m1/s1. The van der Waals surface area contributed by atoms with Crippen molar-refractivity contribution >= 4 is 5.78 Å². The molecule has 4 fully saturated rings. The molecule has 0 aromatic heterocycles. The largest absolute Gasteiger partial charge is 0.393 e. The van der Waals surface area contributed by atoms with Gasteiger partial charge in [0.25, 0.3) is 0 Å². The van der Waals surface area contributed by atoms with Crippen LogP contribution in [0.2, 0.25) is 0 Å². The number of fused-ring (bicyclic) bond motifs is 7. The molecule has 0 heterocycles. The van der Waals surface area contributed by atoms with Crippen molar-refractivity contribution in [2.24, 2.45) is 56.7 Å². The van der Waals surface area contributed by atoms with Crippen LogP contribution in [0.4, 0.5) is 0 Å². The maximum absolute atomic E-state index is 13.2. The molecule has 0 amide bonds. The average molecular weight is 455 g/mol. The predicted molar refractivity (Wildman–Crippen MR) is 136 cm³/mol. The van der Waals surface area contributed by atoms with Crippen LogP contribution in [0.25, 0.3) is 0 Å². The summed E-state index contributed by atoms with van der Waals surface area (Å²) in [5, 5.41) is 10.9. The molecule has 186 valence electrons. The lowest BCUT2D eigenvalue weighted by molar-refractivity contribution is -0.204. The highest BCUT2D eigenvalue weighted by molar-refractivity contribution is 5.84. The zero-order valence-electron chi connectivity index (χ0n) is 22.8. The van der Waals surface area contributed by atoms with Crippen LogP contribution in [0, 0.1) is 56.7 Å². The number of aliphatic hydroxyl groups excluding tert-OH is 1. The normalized spacial score (nSPS) is 55.4. The molecule has 0 radical (unpaired) electrons. The van der Waals surface area contributed by atoms with E-state index in [2.05, 4.69) is 54.5 Å². The van der Waals surface area contributed by atoms with E-state index >= 15 is 0 Å². The van der Waals surface area contributed by atoms with E-state index in [9.17, 15) is 9.90 Å². The molecule has 0 spiro atoms. The number of aliphatic hydroxyl groups is 1. The minimum absolute atomic E-state index is 0.00287. The molecule has 2 heteroatoms. The zero-order chi connectivity index (χ0) is 24.2. The first kappa shape index (κ1) is 24.1. The van der Waals surface area contributed by atoms with Crippen molar-refractivity contribution in [3.8, 4) is 0 Å². The molecule has 10 atom stereocenters. The third kappa shape index (κ3) is 2.80. The lowest BCUT2D eigenvalue weighted by Crippen LogP contribution is -2.65. The smallest absolute Gasteiger partial charge is 0.136 e. The molecule has 0 aromatic rings. The van der Waals surface area contributed by atoms with Crippen molar-refractivity contribution in [2.45, 2.75) is 119 Å². The Balaban J connectivity index is 1.61. The summed E-state index contributed by atoms with van der Waals surface area (Å²) in [7, 11) is 0. The van der Waals surface area contributed by atoms with Gasteiger partial charge in [0, 0.05) is 5.41 Å². The van der Waals surface area contributed by atoms with E-state index in [1.54, 1.807) is 5.57 Å². The van der Waals surface area contributed by atoms with E-state index in [0.717, 1.165) is 25.7 Å². The Hall–Kier alpha value is -0.630. The first-order chi connectivity index (χ1) is 15.3. The van der Waals surface area contributed by atoms with Crippen molar-refractivity contribution in [1.82, 2.24) is 0 Å². The molecule has 5 rings (SSSR count). The highest BCUT2D eigenvalue weighted by atomic mass is 16.3. The summed E-state index contributed by atoms with van der Waals surface area (Å²) in [5.41, 5.74) is 2.34. The maximum Gasteiger partial charge on any atom is 0.136 e. The van der Waals surface area contributed by atoms with Crippen molar-refractivity contribution in [3.05, 3.63) is 11.6 Å². The lowest BCUT2D eigenvalue weighted by Gasteiger charge is -2.71. The van der Waals surface area contributed by atoms with E-state index < -0.39 is 0 Å². The van der Waals surface area contributed by atoms with Crippen LogP contribution in [-0.2, 0) is 4.79 Å². The Morgan fingerprint density at radius 3 is 2.27 bits per heavy atom. The van der Waals surface area contributed by atoms with Crippen molar-refractivity contribution in [3.63, 3.8) is 0 Å². The molecule has 5 aliphatic carbocycles. The summed E-state index contributed by atoms with van der Waals surface area (Å²) in [6.45, 7) is 19.3. The lowest BCUT2D eigenvalue weighted by atomic mass is 9.33. The third-order valence-corrected chi connectivity index (χ3v) is 13.7. The van der Waals surface area contributed by atoms with Gasteiger partial charge < -0.3 is 5.11 Å². The Kier molecular flexibility index (Phi) is 5.26. The van der Waals surface area contributed by atoms with Gasteiger partial charge in [-0.25, -0.2) is 0 Å². The predicted octanol–water partition coefficient (Wildman–Crippen LogP) is 7.59. The highest BCUT2D eigenvalue weighted by Crippen LogP contribution is 2.75. The molecular weight excluding hydrogens is 404 g/mol. The monoisotopic (exact) mass is 454 g/mol. The molecular formula is C31H50O2. The molecule has 0 bridgehead atoms. The van der Waals surface area contributed by atoms with Crippen LogP contribution >= 0.6 is 0 Å². The van der Waals surface area contributed by atoms with Gasteiger partial charge in [0.1, 0.15) is 5.78 Å². The Labute approximate surface area is 203 Å². The second kappa shape index (κ2) is 7.21. The molecule has 5 aliphatic rings. The van der Waals surface area contributed by atoms with E-state index in [-0.39, 0.29) is 27.8 Å². The van der Waals surface area contributed by atoms with Crippen LogP contribution in [-0.4, -0.2) is 17.0 Å². The quantitative estimate of drug-likeness (QED) is 0.414. The molecule has 2 nitrogen and oxygen atoms in total. The number of carbonyl (C=O) groups is 1.